The minimum absolute atomic E-state index is 0.297. The fourth-order valence-electron chi connectivity index (χ4n) is 3.73. The van der Waals surface area contributed by atoms with Crippen molar-refractivity contribution in [2.24, 2.45) is 0 Å². The van der Waals surface area contributed by atoms with Gasteiger partial charge in [0.15, 0.2) is 5.69 Å². The number of imidazole rings is 1. The molecule has 0 radical (unpaired) electrons. The van der Waals surface area contributed by atoms with Gasteiger partial charge < -0.3 is 4.74 Å². The maximum atomic E-state index is 13.2. The Labute approximate surface area is 214 Å². The second-order valence-corrected chi connectivity index (χ2v) is 8.72. The molecule has 1 saturated heterocycles. The predicted molar refractivity (Wildman–Crippen MR) is 135 cm³/mol. The monoisotopic (exact) mass is 507 g/mol. The molecule has 1 aliphatic heterocycles. The molecule has 3 aromatic rings. The van der Waals surface area contributed by atoms with Crippen molar-refractivity contribution in [3.8, 4) is 35.0 Å². The van der Waals surface area contributed by atoms with E-state index in [-0.39, 0.29) is 5.91 Å². The number of ether oxygens (including phenoxy) is 1. The fourth-order valence-corrected chi connectivity index (χ4v) is 4.23. The molecule has 1 fully saturated rings. The third-order valence-electron chi connectivity index (χ3n) is 5.49. The molecule has 0 atom stereocenters. The lowest BCUT2D eigenvalue weighted by Crippen LogP contribution is -2.48. The van der Waals surface area contributed by atoms with Crippen LogP contribution in [-0.2, 0) is 4.74 Å². The van der Waals surface area contributed by atoms with Crippen LogP contribution in [0.25, 0.3) is 17.1 Å². The Bertz CT molecular complexity index is 1330. The van der Waals surface area contributed by atoms with Gasteiger partial charge in [0.25, 0.3) is 5.91 Å². The summed E-state index contributed by atoms with van der Waals surface area (Å²) in [5.74, 6) is 6.29. The van der Waals surface area contributed by atoms with Gasteiger partial charge in [0.2, 0.25) is 0 Å². The number of nitriles is 1. The van der Waals surface area contributed by atoms with Crippen LogP contribution in [0.3, 0.4) is 0 Å². The topological polar surface area (TPSA) is 83.2 Å². The van der Waals surface area contributed by atoms with Crippen molar-refractivity contribution in [3.63, 3.8) is 0 Å². The van der Waals surface area contributed by atoms with E-state index in [1.54, 1.807) is 18.2 Å². The molecule has 178 valence electrons. The normalized spacial score (nSPS) is 13.5. The molecule has 7 nitrogen and oxygen atoms in total. The number of aromatic nitrogens is 2. The van der Waals surface area contributed by atoms with Gasteiger partial charge in [-0.3, -0.25) is 14.8 Å². The van der Waals surface area contributed by atoms with E-state index in [2.05, 4.69) is 23.3 Å². The van der Waals surface area contributed by atoms with Crippen LogP contribution in [-0.4, -0.2) is 46.8 Å². The number of hydrazine groups is 1. The first-order chi connectivity index (χ1) is 17.0. The van der Waals surface area contributed by atoms with E-state index in [0.29, 0.717) is 72.0 Å². The molecule has 2 aromatic carbocycles. The summed E-state index contributed by atoms with van der Waals surface area (Å²) in [5.41, 5.74) is 6.20. The fraction of sp³-hybridized carbons (Fsp3) is 0.269. The molecule has 0 aliphatic carbocycles. The van der Waals surface area contributed by atoms with Crippen molar-refractivity contribution in [2.45, 2.75) is 19.8 Å². The highest BCUT2D eigenvalue weighted by atomic mass is 35.5. The van der Waals surface area contributed by atoms with Crippen LogP contribution in [0.4, 0.5) is 0 Å². The van der Waals surface area contributed by atoms with E-state index in [0.717, 1.165) is 11.3 Å². The number of hydrogen-bond donors (Lipinski definition) is 1. The molecule has 2 heterocycles. The van der Waals surface area contributed by atoms with Crippen LogP contribution < -0.4 is 5.43 Å². The summed E-state index contributed by atoms with van der Waals surface area (Å²) in [5, 5.41) is 11.4. The summed E-state index contributed by atoms with van der Waals surface area (Å²) in [6.07, 6.45) is 0.930. The van der Waals surface area contributed by atoms with Crippen molar-refractivity contribution in [1.29, 1.82) is 5.26 Å². The summed E-state index contributed by atoms with van der Waals surface area (Å²) in [6, 6.07) is 14.9. The highest BCUT2D eigenvalue weighted by Crippen LogP contribution is 2.33. The van der Waals surface area contributed by atoms with Crippen molar-refractivity contribution < 1.29 is 9.53 Å². The average Bonchev–Trinajstić information content (AvgIpc) is 3.19. The molecule has 1 aromatic heterocycles. The molecule has 35 heavy (non-hydrogen) atoms. The molecule has 9 heteroatoms. The lowest BCUT2D eigenvalue weighted by atomic mass is 10.1. The van der Waals surface area contributed by atoms with Crippen LogP contribution >= 0.6 is 23.2 Å². The summed E-state index contributed by atoms with van der Waals surface area (Å²) in [4.78, 5) is 17.9. The predicted octanol–water partition coefficient (Wildman–Crippen LogP) is 4.79. The number of unbranched alkanes of at least 4 members (excludes halogenated alkanes) is 1. The second kappa shape index (κ2) is 11.4. The Morgan fingerprint density at radius 2 is 1.89 bits per heavy atom. The average molecular weight is 508 g/mol. The number of hydrogen-bond acceptors (Lipinski definition) is 5. The summed E-state index contributed by atoms with van der Waals surface area (Å²) >= 11 is 12.6. The van der Waals surface area contributed by atoms with Gasteiger partial charge in [-0.1, -0.05) is 35.0 Å². The summed E-state index contributed by atoms with van der Waals surface area (Å²) in [6.45, 7) is 4.19. The molecule has 0 unspecified atom stereocenters. The van der Waals surface area contributed by atoms with Crippen molar-refractivity contribution in [1.82, 2.24) is 20.0 Å². The van der Waals surface area contributed by atoms with Crippen molar-refractivity contribution in [3.05, 3.63) is 69.5 Å². The number of carbonyl (C=O) groups excluding carboxylic acids is 1. The molecule has 0 spiro atoms. The molecule has 0 bridgehead atoms. The number of amides is 1. The van der Waals surface area contributed by atoms with Gasteiger partial charge in [0.1, 0.15) is 5.82 Å². The van der Waals surface area contributed by atoms with E-state index in [1.165, 1.54) is 0 Å². The third kappa shape index (κ3) is 5.85. The number of nitrogens with zero attached hydrogens (tertiary/aromatic N) is 4. The zero-order valence-corrected chi connectivity index (χ0v) is 20.7. The van der Waals surface area contributed by atoms with E-state index in [4.69, 9.17) is 38.2 Å². The molecule has 1 amide bonds. The van der Waals surface area contributed by atoms with Crippen LogP contribution in [0.2, 0.25) is 10.0 Å². The number of nitrogens with one attached hydrogen (secondary N) is 1. The molecule has 1 aliphatic rings. The third-order valence-corrected chi connectivity index (χ3v) is 6.03. The summed E-state index contributed by atoms with van der Waals surface area (Å²) in [7, 11) is 0. The second-order valence-electron chi connectivity index (χ2n) is 7.88. The number of benzene rings is 2. The highest BCUT2D eigenvalue weighted by molar-refractivity contribution is 6.36. The van der Waals surface area contributed by atoms with Gasteiger partial charge in [-0.25, -0.2) is 9.99 Å². The number of carbonyl (C=O) groups is 1. The lowest BCUT2D eigenvalue weighted by molar-refractivity contribution is 0.0124. The van der Waals surface area contributed by atoms with Crippen LogP contribution in [0.15, 0.2) is 42.5 Å². The van der Waals surface area contributed by atoms with E-state index in [9.17, 15) is 4.79 Å². The first-order valence-corrected chi connectivity index (χ1v) is 11.9. The number of morpholine rings is 1. The minimum atomic E-state index is -0.297. The Morgan fingerprint density at radius 1 is 1.14 bits per heavy atom. The van der Waals surface area contributed by atoms with Crippen molar-refractivity contribution >= 4 is 29.1 Å². The van der Waals surface area contributed by atoms with Crippen molar-refractivity contribution in [2.75, 3.05) is 26.3 Å². The zero-order valence-electron chi connectivity index (χ0n) is 19.1. The first kappa shape index (κ1) is 24.8. The molecule has 0 saturated carbocycles. The van der Waals surface area contributed by atoms with Crippen LogP contribution in [0.1, 0.15) is 34.6 Å². The van der Waals surface area contributed by atoms with Gasteiger partial charge >= 0.3 is 0 Å². The van der Waals surface area contributed by atoms with Gasteiger partial charge in [-0.15, -0.1) is 0 Å². The Hall–Kier alpha value is -3.33. The summed E-state index contributed by atoms with van der Waals surface area (Å²) < 4.78 is 7.26. The van der Waals surface area contributed by atoms with Crippen LogP contribution in [0.5, 0.6) is 0 Å². The van der Waals surface area contributed by atoms with Crippen LogP contribution in [0, 0.1) is 30.1 Å². The molecule has 4 rings (SSSR count). The molecular weight excluding hydrogens is 485 g/mol. The SMILES string of the molecule is Cc1c(C(=O)NN2CCOCC2)nc(-c2ccc(Cl)cc2Cl)n1-c1ccc(C#CCCC#N)cc1. The standard InChI is InChI=1S/C26H23Cl2N5O2/c1-18-24(26(34)31-32-13-15-35-16-14-32)30-25(22-11-8-20(27)17-23(22)28)33(18)21-9-6-19(7-10-21)5-3-2-4-12-29/h6-11,17H,2,4,13-16H2,1H3,(H,31,34). The smallest absolute Gasteiger partial charge is 0.286 e. The first-order valence-electron chi connectivity index (χ1n) is 11.1. The Kier molecular flexibility index (Phi) is 8.07. The number of halogens is 2. The molecular formula is C26H23Cl2N5O2. The van der Waals surface area contributed by atoms with Gasteiger partial charge in [-0.05, 0) is 49.4 Å². The highest BCUT2D eigenvalue weighted by Gasteiger charge is 2.24. The number of rotatable bonds is 5. The van der Waals surface area contributed by atoms with E-state index in [1.807, 2.05) is 40.8 Å². The van der Waals surface area contributed by atoms with E-state index < -0.39 is 0 Å². The zero-order chi connectivity index (χ0) is 24.8. The largest absolute Gasteiger partial charge is 0.379 e. The van der Waals surface area contributed by atoms with Gasteiger partial charge in [-0.2, -0.15) is 5.26 Å². The molecule has 1 N–H and O–H groups in total. The van der Waals surface area contributed by atoms with Gasteiger partial charge in [0, 0.05) is 47.8 Å². The lowest BCUT2D eigenvalue weighted by Gasteiger charge is -2.26. The maximum Gasteiger partial charge on any atom is 0.286 e. The van der Waals surface area contributed by atoms with E-state index >= 15 is 0 Å². The Balaban J connectivity index is 1.73. The quantitative estimate of drug-likeness (QED) is 0.396. The minimum Gasteiger partial charge on any atom is -0.379 e. The van der Waals surface area contributed by atoms with Gasteiger partial charge in [0.05, 0.1) is 30.0 Å². The Morgan fingerprint density at radius 3 is 2.57 bits per heavy atom. The maximum absolute atomic E-state index is 13.2.